The van der Waals surface area contributed by atoms with E-state index in [-0.39, 0.29) is 73.3 Å². The minimum atomic E-state index is -1.25. The van der Waals surface area contributed by atoms with Gasteiger partial charge in [0.05, 0.1) is 0 Å². The van der Waals surface area contributed by atoms with Crippen molar-refractivity contribution < 1.29 is 61.5 Å². The molecule has 6 fully saturated rings. The third kappa shape index (κ3) is 7.62. The van der Waals surface area contributed by atoms with E-state index in [1.54, 1.807) is 51.2 Å². The number of hydrogen-bond acceptors (Lipinski definition) is 9. The van der Waals surface area contributed by atoms with Crippen LogP contribution in [0.5, 0.6) is 0 Å². The van der Waals surface area contributed by atoms with Gasteiger partial charge in [0, 0.05) is 75.2 Å². The Labute approximate surface area is 333 Å². The van der Waals surface area contributed by atoms with Gasteiger partial charge in [-0.1, -0.05) is 36.5 Å². The van der Waals surface area contributed by atoms with Crippen molar-refractivity contribution >= 4 is 35.4 Å². The molecule has 0 aromatic carbocycles. The number of carbonyl (C=O) groups is 6. The Balaban J connectivity index is 0.000000220. The minimum absolute atomic E-state index is 0. The molecule has 6 rings (SSSR count). The third-order valence-electron chi connectivity index (χ3n) is 11.3. The van der Waals surface area contributed by atoms with Gasteiger partial charge >= 0.3 is 0 Å². The molecule has 3 atom stereocenters. The van der Waals surface area contributed by atoms with Gasteiger partial charge in [-0.15, -0.1) is 39.5 Å². The molecule has 0 spiro atoms. The fraction of sp³-hybridized carbons (Fsp3) is 0.538. The summed E-state index contributed by atoms with van der Waals surface area (Å²) in [5, 5.41) is 32.2. The van der Waals surface area contributed by atoms with Crippen molar-refractivity contribution in [2.45, 2.75) is 112 Å². The number of amides is 6. The largest absolute Gasteiger partial charge is 0.328 e. The first kappa shape index (κ1) is 45.1. The van der Waals surface area contributed by atoms with Crippen molar-refractivity contribution in [1.82, 2.24) is 29.9 Å². The molecular formula is C39H54FeN6O9. The Morgan fingerprint density at radius 2 is 0.655 bits per heavy atom. The summed E-state index contributed by atoms with van der Waals surface area (Å²) < 4.78 is 0. The minimum Gasteiger partial charge on any atom is -0.328 e. The molecule has 0 saturated carbocycles. The van der Waals surface area contributed by atoms with Crippen LogP contribution in [0.1, 0.15) is 77.0 Å². The first-order valence-electron chi connectivity index (χ1n) is 18.4. The molecule has 15 nitrogen and oxygen atoms in total. The van der Waals surface area contributed by atoms with Crippen LogP contribution in [-0.2, 0) is 45.8 Å². The van der Waals surface area contributed by atoms with E-state index >= 15 is 0 Å². The molecule has 6 aliphatic rings. The van der Waals surface area contributed by atoms with Gasteiger partial charge < -0.3 is 14.7 Å². The van der Waals surface area contributed by atoms with E-state index in [0.717, 1.165) is 19.3 Å². The maximum absolute atomic E-state index is 12.5. The van der Waals surface area contributed by atoms with Crippen LogP contribution in [0.3, 0.4) is 0 Å². The third-order valence-corrected chi connectivity index (χ3v) is 11.3. The van der Waals surface area contributed by atoms with Gasteiger partial charge in [0.1, 0.15) is 18.1 Å². The number of rotatable bonds is 12. The molecule has 0 aromatic heterocycles. The summed E-state index contributed by atoms with van der Waals surface area (Å²) in [5.41, 5.74) is -3.75. The van der Waals surface area contributed by atoms with Crippen LogP contribution < -0.4 is 0 Å². The zero-order chi connectivity index (χ0) is 40.0. The Morgan fingerprint density at radius 3 is 0.836 bits per heavy atom. The van der Waals surface area contributed by atoms with Gasteiger partial charge in [-0.25, -0.2) is 15.2 Å². The van der Waals surface area contributed by atoms with Gasteiger partial charge in [-0.05, 0) is 38.5 Å². The van der Waals surface area contributed by atoms with Crippen molar-refractivity contribution in [2.75, 3.05) is 19.6 Å². The van der Waals surface area contributed by atoms with Crippen LogP contribution in [-0.4, -0.2) is 135 Å². The molecule has 16 heteroatoms. The van der Waals surface area contributed by atoms with E-state index in [9.17, 15) is 44.4 Å². The SMILES string of the molecule is C=CCC1(CC=C)C(=O)N2CCC[C@H]2C(=O)N1O.C=CCC1(CC=C)C(=O)N2CCC[C@H]2C(=O)N1O.C=CCC1(CC=C)C(=O)N2CCC[C@H]2C(=O)N1O.[Fe]. The van der Waals surface area contributed by atoms with Crippen LogP contribution in [0.2, 0.25) is 0 Å². The maximum atomic E-state index is 12.5. The van der Waals surface area contributed by atoms with Gasteiger partial charge in [0.15, 0.2) is 16.6 Å². The summed E-state index contributed by atoms with van der Waals surface area (Å²) in [6.07, 6.45) is 14.9. The van der Waals surface area contributed by atoms with Crippen LogP contribution >= 0.6 is 0 Å². The second-order valence-corrected chi connectivity index (χ2v) is 14.5. The number of fused-ring (bicyclic) bond motifs is 3. The summed E-state index contributed by atoms with van der Waals surface area (Å²) in [6, 6.07) is -1.49. The number of nitrogens with zero attached hydrogens (tertiary/aromatic N) is 6. The maximum Gasteiger partial charge on any atom is 0.269 e. The summed E-state index contributed by atoms with van der Waals surface area (Å²) in [7, 11) is 0. The fourth-order valence-corrected chi connectivity index (χ4v) is 8.65. The molecule has 6 aliphatic heterocycles. The van der Waals surface area contributed by atoms with Crippen LogP contribution in [0.25, 0.3) is 0 Å². The van der Waals surface area contributed by atoms with Gasteiger partial charge in [-0.3, -0.25) is 44.4 Å². The van der Waals surface area contributed by atoms with Crippen LogP contribution in [0.4, 0.5) is 0 Å². The van der Waals surface area contributed by atoms with E-state index in [1.165, 1.54) is 0 Å². The normalized spacial score (nSPS) is 25.7. The van der Waals surface area contributed by atoms with Crippen molar-refractivity contribution in [2.24, 2.45) is 0 Å². The zero-order valence-electron chi connectivity index (χ0n) is 31.4. The molecule has 0 aliphatic carbocycles. The summed E-state index contributed by atoms with van der Waals surface area (Å²) in [6.45, 7) is 23.4. The van der Waals surface area contributed by atoms with E-state index in [2.05, 4.69) is 39.5 Å². The summed E-state index contributed by atoms with van der Waals surface area (Å²) in [4.78, 5) is 78.8. The van der Waals surface area contributed by atoms with Crippen LogP contribution in [0, 0.1) is 0 Å². The number of carbonyl (C=O) groups excluding carboxylic acids is 6. The number of piperazine rings is 3. The molecule has 6 heterocycles. The molecule has 55 heavy (non-hydrogen) atoms. The average Bonchev–Trinajstić information content (AvgIpc) is 3.96. The Morgan fingerprint density at radius 1 is 0.455 bits per heavy atom. The van der Waals surface area contributed by atoms with E-state index in [1.807, 2.05) is 0 Å². The monoisotopic (exact) mass is 806 g/mol. The summed E-state index contributed by atoms with van der Waals surface area (Å²) >= 11 is 0. The molecule has 0 radical (unpaired) electrons. The van der Waals surface area contributed by atoms with Gasteiger partial charge in [0.25, 0.3) is 35.4 Å². The molecule has 0 bridgehead atoms. The zero-order valence-corrected chi connectivity index (χ0v) is 32.5. The van der Waals surface area contributed by atoms with Gasteiger partial charge in [-0.2, -0.15) is 0 Å². The van der Waals surface area contributed by atoms with Crippen molar-refractivity contribution in [3.63, 3.8) is 0 Å². The smallest absolute Gasteiger partial charge is 0.269 e. The average molecular weight is 807 g/mol. The predicted octanol–water partition coefficient (Wildman–Crippen LogP) is 3.30. The van der Waals surface area contributed by atoms with Crippen molar-refractivity contribution in [3.05, 3.63) is 75.9 Å². The number of hydroxylamine groups is 6. The molecule has 6 saturated heterocycles. The molecule has 6 amide bonds. The topological polar surface area (TPSA) is 183 Å². The molecule has 0 aromatic rings. The van der Waals surface area contributed by atoms with Crippen LogP contribution in [0.15, 0.2) is 75.9 Å². The summed E-state index contributed by atoms with van der Waals surface area (Å²) in [5.74, 6) is -1.78. The van der Waals surface area contributed by atoms with Crippen molar-refractivity contribution in [3.8, 4) is 0 Å². The molecule has 3 N–H and O–H groups in total. The quantitative estimate of drug-likeness (QED) is 0.152. The molecule has 302 valence electrons. The Kier molecular flexibility index (Phi) is 15.2. The van der Waals surface area contributed by atoms with E-state index in [0.29, 0.717) is 54.1 Å². The fourth-order valence-electron chi connectivity index (χ4n) is 8.65. The Bertz CT molecular complexity index is 1370. The predicted molar refractivity (Wildman–Crippen MR) is 197 cm³/mol. The van der Waals surface area contributed by atoms with E-state index in [4.69, 9.17) is 0 Å². The standard InChI is InChI=1S/3C13H18N2O3.Fe/c3*1-3-7-13(8-4-2)12(17)14-9-5-6-10(14)11(16)15(13)18;/h3*3-4,10,18H,1-2,5-9H2;/t3*10-;/m000./s1. The van der Waals surface area contributed by atoms with Gasteiger partial charge in [0.2, 0.25) is 0 Å². The molecular weight excluding hydrogens is 752 g/mol. The first-order valence-corrected chi connectivity index (χ1v) is 18.4. The van der Waals surface area contributed by atoms with Crippen molar-refractivity contribution in [1.29, 1.82) is 0 Å². The number of hydrogen-bond donors (Lipinski definition) is 3. The Hall–Kier alpha value is -4.34. The second-order valence-electron chi connectivity index (χ2n) is 14.5. The first-order chi connectivity index (χ1) is 25.7. The molecule has 0 unspecified atom stereocenters. The van der Waals surface area contributed by atoms with E-state index < -0.39 is 52.5 Å². The second kappa shape index (κ2) is 18.5.